The molecule has 1 N–H and O–H groups in total. The minimum absolute atomic E-state index is 0.0415. The van der Waals surface area contributed by atoms with Crippen molar-refractivity contribution < 1.29 is 9.53 Å². The third-order valence-corrected chi connectivity index (χ3v) is 4.06. The first-order valence-electron chi connectivity index (χ1n) is 8.32. The molecule has 0 unspecified atom stereocenters. The van der Waals surface area contributed by atoms with Crippen LogP contribution < -0.4 is 15.0 Å². The van der Waals surface area contributed by atoms with Gasteiger partial charge in [-0.15, -0.1) is 0 Å². The molecule has 1 amide bonds. The zero-order valence-electron chi connectivity index (χ0n) is 13.8. The molecule has 0 bridgehead atoms. The largest absolute Gasteiger partial charge is 0.494 e. The number of ether oxygens (including phenoxy) is 1. The number of nitrogens with zero attached hydrogens (tertiary/aromatic N) is 3. The van der Waals surface area contributed by atoms with E-state index in [1.54, 1.807) is 18.5 Å². The second-order valence-corrected chi connectivity index (χ2v) is 5.78. The van der Waals surface area contributed by atoms with Crippen molar-refractivity contribution in [2.24, 2.45) is 5.92 Å². The van der Waals surface area contributed by atoms with Crippen molar-refractivity contribution in [1.82, 2.24) is 9.97 Å². The average molecular weight is 326 g/mol. The van der Waals surface area contributed by atoms with Crippen molar-refractivity contribution in [2.45, 2.75) is 19.8 Å². The Hall–Kier alpha value is -2.63. The molecule has 6 heteroatoms. The van der Waals surface area contributed by atoms with Crippen LogP contribution in [0.4, 0.5) is 11.6 Å². The van der Waals surface area contributed by atoms with Crippen molar-refractivity contribution in [2.75, 3.05) is 29.9 Å². The molecule has 3 rings (SSSR count). The molecular formula is C18H22N4O2. The normalized spacial score (nSPS) is 17.4. The maximum Gasteiger partial charge on any atom is 0.229 e. The summed E-state index contributed by atoms with van der Waals surface area (Å²) in [5, 5.41) is 2.99. The molecule has 1 aliphatic rings. The number of rotatable bonds is 5. The Morgan fingerprint density at radius 2 is 2.04 bits per heavy atom. The van der Waals surface area contributed by atoms with E-state index in [0.29, 0.717) is 19.1 Å². The van der Waals surface area contributed by atoms with E-state index in [4.69, 9.17) is 4.74 Å². The number of carbonyl (C=O) groups is 1. The smallest absolute Gasteiger partial charge is 0.229 e. The maximum atomic E-state index is 12.5. The van der Waals surface area contributed by atoms with Crippen LogP contribution in [0.2, 0.25) is 0 Å². The van der Waals surface area contributed by atoms with Crippen LogP contribution >= 0.6 is 0 Å². The number of benzene rings is 1. The fourth-order valence-electron chi connectivity index (χ4n) is 2.87. The molecule has 0 spiro atoms. The first-order chi connectivity index (χ1) is 11.8. The van der Waals surface area contributed by atoms with E-state index >= 15 is 0 Å². The molecule has 1 saturated heterocycles. The summed E-state index contributed by atoms with van der Waals surface area (Å²) < 4.78 is 5.41. The highest BCUT2D eigenvalue weighted by Crippen LogP contribution is 2.22. The van der Waals surface area contributed by atoms with Crippen molar-refractivity contribution >= 4 is 17.5 Å². The number of aromatic nitrogens is 2. The predicted octanol–water partition coefficient (Wildman–Crippen LogP) is 2.73. The molecule has 6 nitrogen and oxygen atoms in total. The van der Waals surface area contributed by atoms with E-state index in [1.807, 2.05) is 31.2 Å². The number of amides is 1. The Kier molecular flexibility index (Phi) is 5.25. The third-order valence-electron chi connectivity index (χ3n) is 4.06. The Morgan fingerprint density at radius 3 is 2.75 bits per heavy atom. The summed E-state index contributed by atoms with van der Waals surface area (Å²) in [6, 6.07) is 9.26. The molecule has 126 valence electrons. The molecule has 1 fully saturated rings. The fourth-order valence-corrected chi connectivity index (χ4v) is 2.87. The van der Waals surface area contributed by atoms with Gasteiger partial charge in [0.25, 0.3) is 0 Å². The standard InChI is InChI=1S/C18H22N4O2/c1-2-24-16-8-6-15(7-9-16)21-17(23)14-5-3-12-22(13-14)18-19-10-4-11-20-18/h4,6-11,14H,2-3,5,12-13H2,1H3,(H,21,23)/t14-/m1/s1. The molecule has 1 aromatic heterocycles. The quantitative estimate of drug-likeness (QED) is 0.915. The van der Waals surface area contributed by atoms with E-state index in [-0.39, 0.29) is 11.8 Å². The number of nitrogens with one attached hydrogen (secondary N) is 1. The number of hydrogen-bond donors (Lipinski definition) is 1. The molecule has 0 radical (unpaired) electrons. The minimum Gasteiger partial charge on any atom is -0.494 e. The Labute approximate surface area is 141 Å². The summed E-state index contributed by atoms with van der Waals surface area (Å²) in [6.07, 6.45) is 5.30. The summed E-state index contributed by atoms with van der Waals surface area (Å²) in [5.41, 5.74) is 0.788. The Bertz CT molecular complexity index is 660. The first kappa shape index (κ1) is 16.2. The van der Waals surface area contributed by atoms with Crippen LogP contribution in [0.25, 0.3) is 0 Å². The maximum absolute atomic E-state index is 12.5. The summed E-state index contributed by atoms with van der Waals surface area (Å²) >= 11 is 0. The monoisotopic (exact) mass is 326 g/mol. The van der Waals surface area contributed by atoms with Gasteiger partial charge in [-0.2, -0.15) is 0 Å². The van der Waals surface area contributed by atoms with Gasteiger partial charge in [0.2, 0.25) is 11.9 Å². The fraction of sp³-hybridized carbons (Fsp3) is 0.389. The first-order valence-corrected chi connectivity index (χ1v) is 8.32. The number of carbonyl (C=O) groups excluding carboxylic acids is 1. The lowest BCUT2D eigenvalue weighted by Crippen LogP contribution is -2.41. The molecular weight excluding hydrogens is 304 g/mol. The number of piperidine rings is 1. The van der Waals surface area contributed by atoms with Crippen LogP contribution in [0, 0.1) is 5.92 Å². The van der Waals surface area contributed by atoms with Gasteiger partial charge in [-0.3, -0.25) is 4.79 Å². The van der Waals surface area contributed by atoms with Gasteiger partial charge >= 0.3 is 0 Å². The highest BCUT2D eigenvalue weighted by atomic mass is 16.5. The van der Waals surface area contributed by atoms with Crippen molar-refractivity contribution in [3.63, 3.8) is 0 Å². The van der Waals surface area contributed by atoms with Crippen LogP contribution in [0.15, 0.2) is 42.7 Å². The van der Waals surface area contributed by atoms with E-state index in [9.17, 15) is 4.79 Å². The summed E-state index contributed by atoms with van der Waals surface area (Å²) in [4.78, 5) is 23.2. The predicted molar refractivity (Wildman–Crippen MR) is 93.2 cm³/mol. The summed E-state index contributed by atoms with van der Waals surface area (Å²) in [6.45, 7) is 4.11. The topological polar surface area (TPSA) is 67.3 Å². The summed E-state index contributed by atoms with van der Waals surface area (Å²) in [7, 11) is 0. The van der Waals surface area contributed by atoms with Crippen LogP contribution in [-0.2, 0) is 4.79 Å². The van der Waals surface area contributed by atoms with Gasteiger partial charge in [0.15, 0.2) is 0 Å². The SMILES string of the molecule is CCOc1ccc(NC(=O)[C@@H]2CCCN(c3ncccn3)C2)cc1. The highest BCUT2D eigenvalue weighted by Gasteiger charge is 2.27. The van der Waals surface area contributed by atoms with E-state index in [2.05, 4.69) is 20.2 Å². The van der Waals surface area contributed by atoms with Crippen LogP contribution in [0.5, 0.6) is 5.75 Å². The molecule has 1 aromatic carbocycles. The van der Waals surface area contributed by atoms with Gasteiger partial charge in [0, 0.05) is 31.2 Å². The van der Waals surface area contributed by atoms with Gasteiger partial charge in [0.05, 0.1) is 12.5 Å². The molecule has 24 heavy (non-hydrogen) atoms. The van der Waals surface area contributed by atoms with Gasteiger partial charge in [0.1, 0.15) is 5.75 Å². The van der Waals surface area contributed by atoms with Gasteiger partial charge in [-0.1, -0.05) is 0 Å². The molecule has 0 saturated carbocycles. The summed E-state index contributed by atoms with van der Waals surface area (Å²) in [5.74, 6) is 1.48. The highest BCUT2D eigenvalue weighted by molar-refractivity contribution is 5.93. The van der Waals surface area contributed by atoms with E-state index in [0.717, 1.165) is 30.8 Å². The molecule has 1 aliphatic heterocycles. The molecule has 2 heterocycles. The van der Waals surface area contributed by atoms with Crippen molar-refractivity contribution in [3.8, 4) is 5.75 Å². The van der Waals surface area contributed by atoms with Crippen LogP contribution in [-0.4, -0.2) is 35.6 Å². The zero-order valence-corrected chi connectivity index (χ0v) is 13.8. The second kappa shape index (κ2) is 7.77. The lowest BCUT2D eigenvalue weighted by molar-refractivity contribution is -0.120. The van der Waals surface area contributed by atoms with E-state index in [1.165, 1.54) is 0 Å². The Balaban J connectivity index is 1.60. The Morgan fingerprint density at radius 1 is 1.29 bits per heavy atom. The number of hydrogen-bond acceptors (Lipinski definition) is 5. The third kappa shape index (κ3) is 4.01. The van der Waals surface area contributed by atoms with Crippen molar-refractivity contribution in [3.05, 3.63) is 42.7 Å². The molecule has 1 atom stereocenters. The van der Waals surface area contributed by atoms with Gasteiger partial charge in [-0.25, -0.2) is 9.97 Å². The van der Waals surface area contributed by atoms with Gasteiger partial charge < -0.3 is 15.0 Å². The van der Waals surface area contributed by atoms with Crippen molar-refractivity contribution in [1.29, 1.82) is 0 Å². The minimum atomic E-state index is -0.0610. The lowest BCUT2D eigenvalue weighted by atomic mass is 9.97. The van der Waals surface area contributed by atoms with E-state index < -0.39 is 0 Å². The lowest BCUT2D eigenvalue weighted by Gasteiger charge is -2.31. The van der Waals surface area contributed by atoms with Crippen LogP contribution in [0.3, 0.4) is 0 Å². The van der Waals surface area contributed by atoms with Gasteiger partial charge in [-0.05, 0) is 50.1 Å². The number of anilines is 2. The average Bonchev–Trinajstić information content (AvgIpc) is 2.64. The zero-order chi connectivity index (χ0) is 16.8. The second-order valence-electron chi connectivity index (χ2n) is 5.78. The molecule has 0 aliphatic carbocycles. The molecule has 2 aromatic rings. The van der Waals surface area contributed by atoms with Crippen LogP contribution in [0.1, 0.15) is 19.8 Å².